The molecule has 2 N–H and O–H groups in total. The highest BCUT2D eigenvalue weighted by atomic mass is 79.9. The van der Waals surface area contributed by atoms with E-state index in [9.17, 15) is 13.2 Å². The van der Waals surface area contributed by atoms with Crippen LogP contribution in [0.1, 0.15) is 12.0 Å². The zero-order valence-electron chi connectivity index (χ0n) is 8.19. The topological polar surface area (TPSA) is 26.0 Å². The summed E-state index contributed by atoms with van der Waals surface area (Å²) in [5, 5.41) is 0. The Bertz CT molecular complexity index is 345. The minimum absolute atomic E-state index is 0.105. The van der Waals surface area contributed by atoms with Crippen LogP contribution in [0.25, 0.3) is 0 Å². The normalized spacial score (nSPS) is 13.9. The first-order valence-corrected chi connectivity index (χ1v) is 6.15. The minimum atomic E-state index is -4.32. The Morgan fingerprint density at radius 3 is 2.06 bits per heavy atom. The third-order valence-corrected chi connectivity index (χ3v) is 3.00. The summed E-state index contributed by atoms with van der Waals surface area (Å²) in [7, 11) is 0. The van der Waals surface area contributed by atoms with Crippen molar-refractivity contribution in [2.24, 2.45) is 5.73 Å². The Hall–Kier alpha value is -0.0700. The molecule has 0 spiro atoms. The van der Waals surface area contributed by atoms with E-state index in [4.69, 9.17) is 5.73 Å². The van der Waals surface area contributed by atoms with Gasteiger partial charge in [-0.1, -0.05) is 31.9 Å². The molecule has 6 heteroatoms. The van der Waals surface area contributed by atoms with Gasteiger partial charge >= 0.3 is 6.18 Å². The van der Waals surface area contributed by atoms with E-state index < -0.39 is 12.2 Å². The highest BCUT2D eigenvalue weighted by Crippen LogP contribution is 2.24. The van der Waals surface area contributed by atoms with Gasteiger partial charge < -0.3 is 5.73 Å². The van der Waals surface area contributed by atoms with Gasteiger partial charge in [0.05, 0.1) is 0 Å². The highest BCUT2D eigenvalue weighted by Gasteiger charge is 2.35. The summed E-state index contributed by atoms with van der Waals surface area (Å²) >= 11 is 6.55. The average Bonchev–Trinajstić information content (AvgIpc) is 2.11. The predicted molar refractivity (Wildman–Crippen MR) is 64.2 cm³/mol. The number of alkyl halides is 3. The lowest BCUT2D eigenvalue weighted by Crippen LogP contribution is -2.37. The standard InChI is InChI=1S/C10H10Br2F3N/c11-7-3-6(4-8(12)5-7)1-2-9(16)10(13,14)15/h3-5,9H,1-2,16H2. The maximum absolute atomic E-state index is 12.2. The van der Waals surface area contributed by atoms with Gasteiger partial charge in [-0.15, -0.1) is 0 Å². The monoisotopic (exact) mass is 359 g/mol. The second-order valence-corrected chi connectivity index (χ2v) is 5.30. The summed E-state index contributed by atoms with van der Waals surface area (Å²) in [5.74, 6) is 0. The fourth-order valence-electron chi connectivity index (χ4n) is 1.24. The van der Waals surface area contributed by atoms with Crippen LogP contribution in [0.2, 0.25) is 0 Å². The molecule has 0 fully saturated rings. The third-order valence-electron chi connectivity index (χ3n) is 2.09. The lowest BCUT2D eigenvalue weighted by atomic mass is 10.1. The summed E-state index contributed by atoms with van der Waals surface area (Å²) in [6, 6.07) is 3.64. The number of hydrogen-bond donors (Lipinski definition) is 1. The van der Waals surface area contributed by atoms with Gasteiger partial charge in [0.2, 0.25) is 0 Å². The van der Waals surface area contributed by atoms with Crippen molar-refractivity contribution in [1.82, 2.24) is 0 Å². The fourth-order valence-corrected chi connectivity index (χ4v) is 2.63. The summed E-state index contributed by atoms with van der Waals surface area (Å²) in [4.78, 5) is 0. The molecule has 0 amide bonds. The van der Waals surface area contributed by atoms with Gasteiger partial charge in [0, 0.05) is 8.95 Å². The van der Waals surface area contributed by atoms with Crippen molar-refractivity contribution in [3.05, 3.63) is 32.7 Å². The second-order valence-electron chi connectivity index (χ2n) is 3.46. The predicted octanol–water partition coefficient (Wildman–Crippen LogP) is 4.03. The minimum Gasteiger partial charge on any atom is -0.320 e. The molecule has 1 aromatic rings. The third kappa shape index (κ3) is 4.43. The first-order valence-electron chi connectivity index (χ1n) is 4.56. The number of aryl methyl sites for hydroxylation is 1. The summed E-state index contributed by atoms with van der Waals surface area (Å²) in [6.45, 7) is 0. The van der Waals surface area contributed by atoms with Gasteiger partial charge in [0.15, 0.2) is 0 Å². The van der Waals surface area contributed by atoms with Crippen molar-refractivity contribution in [1.29, 1.82) is 0 Å². The summed E-state index contributed by atoms with van der Waals surface area (Å²) < 4.78 is 38.2. The van der Waals surface area contributed by atoms with E-state index in [0.29, 0.717) is 6.42 Å². The molecular weight excluding hydrogens is 351 g/mol. The maximum Gasteiger partial charge on any atom is 0.403 e. The Balaban J connectivity index is 2.61. The van der Waals surface area contributed by atoms with E-state index in [1.54, 1.807) is 12.1 Å². The first kappa shape index (κ1) is 14.0. The lowest BCUT2D eigenvalue weighted by molar-refractivity contribution is -0.148. The van der Waals surface area contributed by atoms with E-state index >= 15 is 0 Å². The van der Waals surface area contributed by atoms with Crippen LogP contribution in [0.3, 0.4) is 0 Å². The first-order chi connectivity index (χ1) is 7.29. The van der Waals surface area contributed by atoms with Crippen LogP contribution in [0, 0.1) is 0 Å². The second kappa shape index (κ2) is 5.51. The smallest absolute Gasteiger partial charge is 0.320 e. The number of rotatable bonds is 3. The quantitative estimate of drug-likeness (QED) is 0.865. The van der Waals surface area contributed by atoms with Crippen LogP contribution in [0.4, 0.5) is 13.2 Å². The molecule has 0 saturated heterocycles. The van der Waals surface area contributed by atoms with Crippen molar-refractivity contribution in [2.75, 3.05) is 0 Å². The van der Waals surface area contributed by atoms with Gasteiger partial charge in [0.25, 0.3) is 0 Å². The van der Waals surface area contributed by atoms with Gasteiger partial charge in [-0.05, 0) is 36.6 Å². The molecule has 1 atom stereocenters. The van der Waals surface area contributed by atoms with E-state index in [1.807, 2.05) is 6.07 Å². The molecule has 1 nitrogen and oxygen atoms in total. The van der Waals surface area contributed by atoms with E-state index in [2.05, 4.69) is 31.9 Å². The molecule has 0 saturated carbocycles. The number of hydrogen-bond acceptors (Lipinski definition) is 1. The van der Waals surface area contributed by atoms with E-state index in [-0.39, 0.29) is 6.42 Å². The van der Waals surface area contributed by atoms with Crippen LogP contribution in [-0.4, -0.2) is 12.2 Å². The number of benzene rings is 1. The Morgan fingerprint density at radius 2 is 1.62 bits per heavy atom. The summed E-state index contributed by atoms with van der Waals surface area (Å²) in [6.07, 6.45) is -4.12. The molecular formula is C10H10Br2F3N. The van der Waals surface area contributed by atoms with Crippen LogP contribution in [-0.2, 0) is 6.42 Å². The fraction of sp³-hybridized carbons (Fsp3) is 0.400. The van der Waals surface area contributed by atoms with Crippen LogP contribution in [0.15, 0.2) is 27.1 Å². The molecule has 0 aromatic heterocycles. The molecule has 0 aliphatic rings. The van der Waals surface area contributed by atoms with Gasteiger partial charge in [-0.2, -0.15) is 13.2 Å². The van der Waals surface area contributed by atoms with Crippen molar-refractivity contribution in [2.45, 2.75) is 25.1 Å². The zero-order chi connectivity index (χ0) is 12.3. The highest BCUT2D eigenvalue weighted by molar-refractivity contribution is 9.11. The number of halogens is 5. The maximum atomic E-state index is 12.2. The van der Waals surface area contributed by atoms with Gasteiger partial charge in [-0.25, -0.2) is 0 Å². The molecule has 0 bridgehead atoms. The molecule has 16 heavy (non-hydrogen) atoms. The van der Waals surface area contributed by atoms with Crippen molar-refractivity contribution in [3.8, 4) is 0 Å². The largest absolute Gasteiger partial charge is 0.403 e. The Labute approximate surface area is 108 Å². The van der Waals surface area contributed by atoms with Crippen LogP contribution in [0.5, 0.6) is 0 Å². The Morgan fingerprint density at radius 1 is 1.12 bits per heavy atom. The van der Waals surface area contributed by atoms with Gasteiger partial charge in [0.1, 0.15) is 6.04 Å². The lowest BCUT2D eigenvalue weighted by Gasteiger charge is -2.15. The number of nitrogens with two attached hydrogens (primary N) is 1. The van der Waals surface area contributed by atoms with Crippen molar-refractivity contribution in [3.63, 3.8) is 0 Å². The van der Waals surface area contributed by atoms with Crippen molar-refractivity contribution < 1.29 is 13.2 Å². The molecule has 1 aromatic carbocycles. The van der Waals surface area contributed by atoms with E-state index in [0.717, 1.165) is 14.5 Å². The van der Waals surface area contributed by atoms with E-state index in [1.165, 1.54) is 0 Å². The molecule has 0 aliphatic heterocycles. The molecule has 90 valence electrons. The van der Waals surface area contributed by atoms with Crippen molar-refractivity contribution >= 4 is 31.9 Å². The molecule has 0 aliphatic carbocycles. The zero-order valence-corrected chi connectivity index (χ0v) is 11.4. The van der Waals surface area contributed by atoms with Crippen LogP contribution < -0.4 is 5.73 Å². The Kier molecular flexibility index (Phi) is 4.82. The average molecular weight is 361 g/mol. The molecule has 0 heterocycles. The molecule has 0 radical (unpaired) electrons. The molecule has 1 rings (SSSR count). The summed E-state index contributed by atoms with van der Waals surface area (Å²) in [5.41, 5.74) is 5.85. The van der Waals surface area contributed by atoms with Crippen LogP contribution >= 0.6 is 31.9 Å². The SMILES string of the molecule is NC(CCc1cc(Br)cc(Br)c1)C(F)(F)F. The van der Waals surface area contributed by atoms with Gasteiger partial charge in [-0.3, -0.25) is 0 Å². The molecule has 1 unspecified atom stereocenters.